The standard InChI is InChI=1S/C12H23NO2S/c1-13(11-3-6-16-7-11)8-12(9-14)4-2-5-15-10-12/h11,14H,2-10H2,1H3. The molecule has 2 aliphatic rings. The van der Waals surface area contributed by atoms with Gasteiger partial charge in [0.25, 0.3) is 0 Å². The van der Waals surface area contributed by atoms with Crippen LogP contribution in [0.15, 0.2) is 0 Å². The lowest BCUT2D eigenvalue weighted by molar-refractivity contribution is -0.0558. The zero-order chi connectivity index (χ0) is 11.4. The molecule has 0 aromatic rings. The van der Waals surface area contributed by atoms with Crippen LogP contribution < -0.4 is 0 Å². The van der Waals surface area contributed by atoms with Gasteiger partial charge < -0.3 is 14.7 Å². The van der Waals surface area contributed by atoms with Crippen molar-refractivity contribution in [1.29, 1.82) is 0 Å². The van der Waals surface area contributed by atoms with Crippen molar-refractivity contribution >= 4 is 11.8 Å². The first-order valence-corrected chi connectivity index (χ1v) is 7.38. The van der Waals surface area contributed by atoms with Crippen LogP contribution in [0.1, 0.15) is 19.3 Å². The summed E-state index contributed by atoms with van der Waals surface area (Å²) in [6, 6.07) is 0.704. The minimum Gasteiger partial charge on any atom is -0.396 e. The minimum atomic E-state index is 0.000255. The zero-order valence-electron chi connectivity index (χ0n) is 10.2. The summed E-state index contributed by atoms with van der Waals surface area (Å²) in [7, 11) is 2.20. The molecule has 0 spiro atoms. The average Bonchev–Trinajstić information content (AvgIpc) is 2.84. The fraction of sp³-hybridized carbons (Fsp3) is 1.00. The van der Waals surface area contributed by atoms with Crippen LogP contribution in [-0.4, -0.2) is 61.0 Å². The summed E-state index contributed by atoms with van der Waals surface area (Å²) in [6.45, 7) is 2.84. The fourth-order valence-electron chi connectivity index (χ4n) is 2.74. The number of aliphatic hydroxyl groups excluding tert-OH is 1. The normalized spacial score (nSPS) is 35.8. The highest BCUT2D eigenvalue weighted by Gasteiger charge is 2.35. The largest absolute Gasteiger partial charge is 0.396 e. The van der Waals surface area contributed by atoms with Crippen molar-refractivity contribution in [1.82, 2.24) is 4.90 Å². The molecular weight excluding hydrogens is 222 g/mol. The van der Waals surface area contributed by atoms with Gasteiger partial charge in [0.05, 0.1) is 13.2 Å². The molecule has 2 aliphatic heterocycles. The maximum absolute atomic E-state index is 9.62. The van der Waals surface area contributed by atoms with E-state index in [0.717, 1.165) is 32.6 Å². The third kappa shape index (κ3) is 2.92. The molecule has 3 nitrogen and oxygen atoms in total. The Hall–Kier alpha value is 0.230. The van der Waals surface area contributed by atoms with E-state index in [2.05, 4.69) is 11.9 Å². The lowest BCUT2D eigenvalue weighted by Gasteiger charge is -2.40. The van der Waals surface area contributed by atoms with Crippen molar-refractivity contribution in [2.24, 2.45) is 5.41 Å². The molecule has 94 valence electrons. The molecule has 0 aliphatic carbocycles. The first kappa shape index (κ1) is 12.7. The summed E-state index contributed by atoms with van der Waals surface area (Å²) in [4.78, 5) is 2.44. The lowest BCUT2D eigenvalue weighted by atomic mass is 9.82. The highest BCUT2D eigenvalue weighted by atomic mass is 32.2. The van der Waals surface area contributed by atoms with Gasteiger partial charge in [-0.2, -0.15) is 11.8 Å². The Morgan fingerprint density at radius 2 is 2.44 bits per heavy atom. The van der Waals surface area contributed by atoms with Crippen LogP contribution in [0.25, 0.3) is 0 Å². The molecule has 16 heavy (non-hydrogen) atoms. The van der Waals surface area contributed by atoms with E-state index < -0.39 is 0 Å². The first-order valence-electron chi connectivity index (χ1n) is 6.22. The Morgan fingerprint density at radius 3 is 3.00 bits per heavy atom. The van der Waals surface area contributed by atoms with Crippen LogP contribution in [0, 0.1) is 5.41 Å². The van der Waals surface area contributed by atoms with Gasteiger partial charge in [-0.1, -0.05) is 0 Å². The summed E-state index contributed by atoms with van der Waals surface area (Å²) in [5.74, 6) is 2.54. The Bertz CT molecular complexity index is 213. The third-order valence-electron chi connectivity index (χ3n) is 3.85. The molecule has 2 unspecified atom stereocenters. The second-order valence-electron chi connectivity index (χ2n) is 5.25. The van der Waals surface area contributed by atoms with E-state index in [0.29, 0.717) is 6.04 Å². The summed E-state index contributed by atoms with van der Waals surface area (Å²) in [6.07, 6.45) is 3.49. The summed E-state index contributed by atoms with van der Waals surface area (Å²) in [5.41, 5.74) is 0.000255. The maximum Gasteiger partial charge on any atom is 0.0556 e. The van der Waals surface area contributed by atoms with Crippen LogP contribution in [0.3, 0.4) is 0 Å². The second-order valence-corrected chi connectivity index (χ2v) is 6.40. The van der Waals surface area contributed by atoms with Crippen LogP contribution in [0.5, 0.6) is 0 Å². The van der Waals surface area contributed by atoms with Gasteiger partial charge in [0.1, 0.15) is 0 Å². The second kappa shape index (κ2) is 5.71. The molecule has 0 saturated carbocycles. The number of aliphatic hydroxyl groups is 1. The Kier molecular flexibility index (Phi) is 4.53. The van der Waals surface area contributed by atoms with Crippen molar-refractivity contribution in [3.8, 4) is 0 Å². The molecule has 2 atom stereocenters. The van der Waals surface area contributed by atoms with E-state index in [1.54, 1.807) is 0 Å². The van der Waals surface area contributed by atoms with Crippen LogP contribution in [0.4, 0.5) is 0 Å². The smallest absolute Gasteiger partial charge is 0.0556 e. The van der Waals surface area contributed by atoms with Crippen LogP contribution in [0.2, 0.25) is 0 Å². The van der Waals surface area contributed by atoms with Crippen LogP contribution >= 0.6 is 11.8 Å². The Morgan fingerprint density at radius 1 is 1.56 bits per heavy atom. The molecule has 2 fully saturated rings. The number of ether oxygens (including phenoxy) is 1. The van der Waals surface area contributed by atoms with Gasteiger partial charge in [0.2, 0.25) is 0 Å². The van der Waals surface area contributed by atoms with Crippen molar-refractivity contribution in [3.05, 3.63) is 0 Å². The van der Waals surface area contributed by atoms with E-state index in [9.17, 15) is 5.11 Å². The topological polar surface area (TPSA) is 32.7 Å². The fourth-order valence-corrected chi connectivity index (χ4v) is 4.04. The van der Waals surface area contributed by atoms with Crippen molar-refractivity contribution in [2.75, 3.05) is 44.9 Å². The molecule has 0 amide bonds. The van der Waals surface area contributed by atoms with Gasteiger partial charge >= 0.3 is 0 Å². The van der Waals surface area contributed by atoms with Gasteiger partial charge in [-0.3, -0.25) is 0 Å². The molecule has 2 rings (SSSR count). The molecule has 0 bridgehead atoms. The predicted molar refractivity (Wildman–Crippen MR) is 67.9 cm³/mol. The SMILES string of the molecule is CN(CC1(CO)CCCOC1)C1CCSC1. The zero-order valence-corrected chi connectivity index (χ0v) is 11.0. The van der Waals surface area contributed by atoms with E-state index >= 15 is 0 Å². The van der Waals surface area contributed by atoms with Gasteiger partial charge in [0, 0.05) is 30.4 Å². The van der Waals surface area contributed by atoms with Crippen LogP contribution in [-0.2, 0) is 4.74 Å². The quantitative estimate of drug-likeness (QED) is 0.807. The molecule has 2 heterocycles. The van der Waals surface area contributed by atoms with E-state index in [4.69, 9.17) is 4.74 Å². The molecule has 4 heteroatoms. The van der Waals surface area contributed by atoms with Crippen molar-refractivity contribution in [2.45, 2.75) is 25.3 Å². The minimum absolute atomic E-state index is 0.000255. The Labute approximate surface area is 103 Å². The molecule has 2 saturated heterocycles. The maximum atomic E-state index is 9.62. The van der Waals surface area contributed by atoms with E-state index in [1.165, 1.54) is 17.9 Å². The van der Waals surface area contributed by atoms with E-state index in [-0.39, 0.29) is 12.0 Å². The number of hydrogen-bond donors (Lipinski definition) is 1. The predicted octanol–water partition coefficient (Wildman–Crippen LogP) is 1.21. The van der Waals surface area contributed by atoms with Crippen molar-refractivity contribution < 1.29 is 9.84 Å². The van der Waals surface area contributed by atoms with E-state index in [1.807, 2.05) is 11.8 Å². The third-order valence-corrected chi connectivity index (χ3v) is 5.00. The summed E-state index contributed by atoms with van der Waals surface area (Å²) >= 11 is 2.04. The molecular formula is C12H23NO2S. The van der Waals surface area contributed by atoms with Gasteiger partial charge in [-0.25, -0.2) is 0 Å². The number of nitrogens with zero attached hydrogens (tertiary/aromatic N) is 1. The van der Waals surface area contributed by atoms with Gasteiger partial charge in [-0.15, -0.1) is 0 Å². The number of rotatable bonds is 4. The molecule has 0 radical (unpaired) electrons. The van der Waals surface area contributed by atoms with Crippen molar-refractivity contribution in [3.63, 3.8) is 0 Å². The highest BCUT2D eigenvalue weighted by molar-refractivity contribution is 7.99. The monoisotopic (exact) mass is 245 g/mol. The van der Waals surface area contributed by atoms with Gasteiger partial charge in [-0.05, 0) is 32.1 Å². The number of hydrogen-bond acceptors (Lipinski definition) is 4. The molecule has 0 aromatic heterocycles. The lowest BCUT2D eigenvalue weighted by Crippen LogP contribution is -2.47. The Balaban J connectivity index is 1.89. The van der Waals surface area contributed by atoms with Gasteiger partial charge in [0.15, 0.2) is 0 Å². The number of thioether (sulfide) groups is 1. The molecule has 1 N–H and O–H groups in total. The first-order chi connectivity index (χ1) is 7.76. The summed E-state index contributed by atoms with van der Waals surface area (Å²) in [5, 5.41) is 9.62. The average molecular weight is 245 g/mol. The summed E-state index contributed by atoms with van der Waals surface area (Å²) < 4.78 is 5.55. The highest BCUT2D eigenvalue weighted by Crippen LogP contribution is 2.31. The molecule has 0 aromatic carbocycles.